The van der Waals surface area contributed by atoms with Gasteiger partial charge in [0.2, 0.25) is 15.9 Å². The lowest BCUT2D eigenvalue weighted by molar-refractivity contribution is -0.115. The quantitative estimate of drug-likeness (QED) is 0.537. The number of aryl methyl sites for hydroxylation is 2. The average Bonchev–Trinajstić information content (AvgIpc) is 3.00. The molecule has 0 saturated carbocycles. The fourth-order valence-electron chi connectivity index (χ4n) is 2.87. The van der Waals surface area contributed by atoms with Crippen LogP contribution in [-0.2, 0) is 20.6 Å². The second-order valence-electron chi connectivity index (χ2n) is 7.20. The lowest BCUT2D eigenvalue weighted by Gasteiger charge is -2.17. The first-order valence-electron chi connectivity index (χ1n) is 9.45. The van der Waals surface area contributed by atoms with Crippen LogP contribution in [0.15, 0.2) is 34.0 Å². The van der Waals surface area contributed by atoms with Gasteiger partial charge in [-0.1, -0.05) is 12.1 Å². The van der Waals surface area contributed by atoms with Crippen LogP contribution >= 0.6 is 23.1 Å². The van der Waals surface area contributed by atoms with Crippen molar-refractivity contribution in [2.75, 3.05) is 19.4 Å². The first kappa shape index (κ1) is 23.5. The van der Waals surface area contributed by atoms with Gasteiger partial charge in [-0.2, -0.15) is 0 Å². The van der Waals surface area contributed by atoms with Gasteiger partial charge in [0.05, 0.1) is 22.1 Å². The number of thioether (sulfide) groups is 1. The molecule has 1 aromatic carbocycles. The van der Waals surface area contributed by atoms with Crippen molar-refractivity contribution in [3.05, 3.63) is 50.9 Å². The molecule has 0 spiro atoms. The van der Waals surface area contributed by atoms with Crippen LogP contribution in [0.5, 0.6) is 0 Å². The predicted molar refractivity (Wildman–Crippen MR) is 126 cm³/mol. The summed E-state index contributed by atoms with van der Waals surface area (Å²) in [7, 11) is -0.822. The van der Waals surface area contributed by atoms with Crippen LogP contribution in [0.1, 0.15) is 23.2 Å². The zero-order valence-electron chi connectivity index (χ0n) is 17.8. The Kier molecular flexibility index (Phi) is 6.89. The van der Waals surface area contributed by atoms with Crippen LogP contribution < -0.4 is 10.9 Å². The lowest BCUT2D eigenvalue weighted by atomic mass is 10.2. The van der Waals surface area contributed by atoms with Crippen molar-refractivity contribution in [2.24, 2.45) is 0 Å². The summed E-state index contributed by atoms with van der Waals surface area (Å²) in [6.45, 7) is 5.58. The first-order valence-corrected chi connectivity index (χ1v) is 12.8. The van der Waals surface area contributed by atoms with Crippen LogP contribution in [0.3, 0.4) is 0 Å². The number of nitrogens with one attached hydrogen (secondary N) is 2. The highest BCUT2D eigenvalue weighted by molar-refractivity contribution is 7.99. The van der Waals surface area contributed by atoms with E-state index in [1.165, 1.54) is 43.3 Å². The Morgan fingerprint density at radius 1 is 1.29 bits per heavy atom. The van der Waals surface area contributed by atoms with Gasteiger partial charge in [0, 0.05) is 19.0 Å². The van der Waals surface area contributed by atoms with Crippen molar-refractivity contribution in [1.82, 2.24) is 14.3 Å². The summed E-state index contributed by atoms with van der Waals surface area (Å²) in [4.78, 5) is 34.2. The molecule has 1 amide bonds. The highest BCUT2D eigenvalue weighted by Crippen LogP contribution is 2.27. The molecular formula is C20H24N4O4S3. The normalized spacial score (nSPS) is 13.0. The van der Waals surface area contributed by atoms with E-state index in [1.54, 1.807) is 25.1 Å². The third-order valence-electron chi connectivity index (χ3n) is 4.83. The minimum atomic E-state index is -3.70. The Labute approximate surface area is 189 Å². The van der Waals surface area contributed by atoms with Crippen LogP contribution in [0.2, 0.25) is 0 Å². The Balaban J connectivity index is 1.73. The second-order valence-corrected chi connectivity index (χ2v) is 11.9. The van der Waals surface area contributed by atoms with Gasteiger partial charge < -0.3 is 10.3 Å². The molecule has 31 heavy (non-hydrogen) atoms. The van der Waals surface area contributed by atoms with E-state index in [0.29, 0.717) is 21.8 Å². The molecule has 8 nitrogen and oxygen atoms in total. The highest BCUT2D eigenvalue weighted by atomic mass is 32.2. The molecule has 0 aliphatic heterocycles. The van der Waals surface area contributed by atoms with Gasteiger partial charge in [-0.3, -0.25) is 9.59 Å². The van der Waals surface area contributed by atoms with E-state index < -0.39 is 15.3 Å². The summed E-state index contributed by atoms with van der Waals surface area (Å²) in [6, 6.07) is 6.28. The van der Waals surface area contributed by atoms with Crippen molar-refractivity contribution in [3.8, 4) is 0 Å². The summed E-state index contributed by atoms with van der Waals surface area (Å²) in [5.74, 6) is 0.504. The lowest BCUT2D eigenvalue weighted by Crippen LogP contribution is -2.27. The number of thiophene rings is 1. The molecule has 0 bridgehead atoms. The molecule has 2 aromatic heterocycles. The Hall–Kier alpha value is -2.21. The third-order valence-corrected chi connectivity index (χ3v) is 8.96. The largest absolute Gasteiger partial charge is 0.324 e. The van der Waals surface area contributed by atoms with Gasteiger partial charge in [0.1, 0.15) is 15.6 Å². The molecule has 0 fully saturated rings. The Morgan fingerprint density at radius 2 is 1.97 bits per heavy atom. The molecule has 11 heteroatoms. The fourth-order valence-corrected chi connectivity index (χ4v) is 5.72. The third kappa shape index (κ3) is 4.84. The monoisotopic (exact) mass is 480 g/mol. The van der Waals surface area contributed by atoms with Crippen molar-refractivity contribution in [3.63, 3.8) is 0 Å². The molecular weight excluding hydrogens is 456 g/mol. The average molecular weight is 481 g/mol. The number of anilines is 1. The fraction of sp³-hybridized carbons (Fsp3) is 0.350. The van der Waals surface area contributed by atoms with Gasteiger partial charge in [0.15, 0.2) is 0 Å². The SMILES string of the molecule is Cc1sc2nc(CSC(C)C(=O)Nc3ccccc3S(=O)(=O)N(C)C)[nH]c(=O)c2c1C. The van der Waals surface area contributed by atoms with E-state index in [2.05, 4.69) is 15.3 Å². The number of nitrogens with zero attached hydrogens (tertiary/aromatic N) is 2. The maximum Gasteiger partial charge on any atom is 0.259 e. The van der Waals surface area contributed by atoms with Crippen molar-refractivity contribution < 1.29 is 13.2 Å². The number of carbonyl (C=O) groups is 1. The smallest absolute Gasteiger partial charge is 0.259 e. The van der Waals surface area contributed by atoms with E-state index in [0.717, 1.165) is 14.7 Å². The van der Waals surface area contributed by atoms with Crippen LogP contribution in [0.25, 0.3) is 10.2 Å². The van der Waals surface area contributed by atoms with Gasteiger partial charge in [0.25, 0.3) is 5.56 Å². The van der Waals surface area contributed by atoms with Gasteiger partial charge in [-0.15, -0.1) is 23.1 Å². The molecule has 0 aliphatic carbocycles. The molecule has 0 saturated heterocycles. The van der Waals surface area contributed by atoms with Gasteiger partial charge in [-0.25, -0.2) is 17.7 Å². The summed E-state index contributed by atoms with van der Waals surface area (Å²) >= 11 is 2.78. The number of aromatic amines is 1. The van der Waals surface area contributed by atoms with E-state index in [9.17, 15) is 18.0 Å². The number of hydrogen-bond donors (Lipinski definition) is 2. The molecule has 3 rings (SSSR count). The first-order chi connectivity index (χ1) is 14.5. The van der Waals surface area contributed by atoms with Crippen molar-refractivity contribution in [1.29, 1.82) is 0 Å². The Bertz CT molecular complexity index is 1300. The van der Waals surface area contributed by atoms with Crippen molar-refractivity contribution >= 4 is 54.9 Å². The van der Waals surface area contributed by atoms with Crippen LogP contribution in [-0.4, -0.2) is 47.9 Å². The van der Waals surface area contributed by atoms with Gasteiger partial charge in [-0.05, 0) is 38.5 Å². The summed E-state index contributed by atoms with van der Waals surface area (Å²) in [6.07, 6.45) is 0. The van der Waals surface area contributed by atoms with E-state index in [1.807, 2.05) is 13.8 Å². The number of para-hydroxylation sites is 1. The standard InChI is InChI=1S/C20H24N4O4S3/c1-11-12(2)30-20-17(11)19(26)22-16(23-20)10-29-13(3)18(25)21-14-8-6-7-9-15(14)31(27,28)24(4)5/h6-9,13H,10H2,1-5H3,(H,21,25)(H,22,23,26). The molecule has 2 N–H and O–H groups in total. The van der Waals surface area contributed by atoms with Crippen molar-refractivity contribution in [2.45, 2.75) is 36.7 Å². The van der Waals surface area contributed by atoms with E-state index in [4.69, 9.17) is 0 Å². The molecule has 166 valence electrons. The van der Waals surface area contributed by atoms with Crippen LogP contribution in [0, 0.1) is 13.8 Å². The number of fused-ring (bicyclic) bond motifs is 1. The number of aromatic nitrogens is 2. The summed E-state index contributed by atoms with van der Waals surface area (Å²) in [5, 5.41) is 2.82. The summed E-state index contributed by atoms with van der Waals surface area (Å²) in [5.41, 5.74) is 0.987. The topological polar surface area (TPSA) is 112 Å². The predicted octanol–water partition coefficient (Wildman–Crippen LogP) is 3.11. The molecule has 0 radical (unpaired) electrons. The number of sulfonamides is 1. The molecule has 0 aliphatic rings. The molecule has 3 aromatic rings. The zero-order chi connectivity index (χ0) is 22.9. The number of benzene rings is 1. The number of rotatable bonds is 7. The Morgan fingerprint density at radius 3 is 2.65 bits per heavy atom. The van der Waals surface area contributed by atoms with Gasteiger partial charge >= 0.3 is 0 Å². The highest BCUT2D eigenvalue weighted by Gasteiger charge is 2.23. The number of H-pyrrole nitrogens is 1. The molecule has 1 atom stereocenters. The second kappa shape index (κ2) is 9.11. The number of hydrogen-bond acceptors (Lipinski definition) is 7. The zero-order valence-corrected chi connectivity index (χ0v) is 20.3. The summed E-state index contributed by atoms with van der Waals surface area (Å²) < 4.78 is 26.1. The number of carbonyl (C=O) groups excluding carboxylic acids is 1. The minimum Gasteiger partial charge on any atom is -0.324 e. The molecule has 1 unspecified atom stereocenters. The maximum absolute atomic E-state index is 12.7. The van der Waals surface area contributed by atoms with Crippen LogP contribution in [0.4, 0.5) is 5.69 Å². The molecule has 2 heterocycles. The number of amides is 1. The minimum absolute atomic E-state index is 0.0328. The van der Waals surface area contributed by atoms with E-state index in [-0.39, 0.29) is 22.0 Å². The van der Waals surface area contributed by atoms with E-state index >= 15 is 0 Å². The maximum atomic E-state index is 12.7.